The highest BCUT2D eigenvalue weighted by Gasteiger charge is 2.34. The highest BCUT2D eigenvalue weighted by molar-refractivity contribution is 7.92. The Kier molecular flexibility index (Phi) is 7.34. The van der Waals surface area contributed by atoms with Gasteiger partial charge in [0.05, 0.1) is 16.3 Å². The van der Waals surface area contributed by atoms with Crippen molar-refractivity contribution in [2.75, 3.05) is 10.0 Å². The van der Waals surface area contributed by atoms with Crippen LogP contribution in [0, 0.1) is 5.82 Å². The van der Waals surface area contributed by atoms with Gasteiger partial charge in [-0.2, -0.15) is 0 Å². The van der Waals surface area contributed by atoms with Crippen molar-refractivity contribution >= 4 is 38.9 Å². The third kappa shape index (κ3) is 5.95. The number of nitrogens with two attached hydrogens (primary N) is 1. The zero-order chi connectivity index (χ0) is 25.1. The number of benzene rings is 3. The molecule has 180 valence electrons. The van der Waals surface area contributed by atoms with Gasteiger partial charge in [-0.1, -0.05) is 35.9 Å². The van der Waals surface area contributed by atoms with Gasteiger partial charge in [-0.05, 0) is 42.0 Å². The first kappa shape index (κ1) is 25.3. The number of alkyl halides is 3. The van der Waals surface area contributed by atoms with Crippen LogP contribution in [-0.4, -0.2) is 20.7 Å². The SMILES string of the molecule is NCc1ccc(NC(=O)c2c(F)cccc2Cl)cc1NS(=O)(=O)c1ccccc1OC(F)(F)F. The van der Waals surface area contributed by atoms with Gasteiger partial charge in [-0.15, -0.1) is 13.2 Å². The van der Waals surface area contributed by atoms with Gasteiger partial charge in [0, 0.05) is 12.2 Å². The minimum absolute atomic E-state index is 0.0408. The number of carbonyl (C=O) groups excluding carboxylic acids is 1. The number of carbonyl (C=O) groups is 1. The molecule has 0 aliphatic rings. The predicted molar refractivity (Wildman–Crippen MR) is 118 cm³/mol. The summed E-state index contributed by atoms with van der Waals surface area (Å²) in [4.78, 5) is 11.7. The Labute approximate surface area is 196 Å². The molecule has 0 atom stereocenters. The van der Waals surface area contributed by atoms with Crippen LogP contribution >= 0.6 is 11.6 Å². The average molecular weight is 518 g/mol. The lowest BCUT2D eigenvalue weighted by Gasteiger charge is -2.17. The predicted octanol–water partition coefficient (Wildman–Crippen LogP) is 4.89. The zero-order valence-corrected chi connectivity index (χ0v) is 18.6. The number of ether oxygens (including phenoxy) is 1. The van der Waals surface area contributed by atoms with Gasteiger partial charge in [0.25, 0.3) is 15.9 Å². The molecule has 13 heteroatoms. The number of sulfonamides is 1. The molecule has 0 saturated heterocycles. The van der Waals surface area contributed by atoms with Crippen molar-refractivity contribution in [3.05, 3.63) is 82.6 Å². The number of hydrogen-bond donors (Lipinski definition) is 3. The molecule has 0 radical (unpaired) electrons. The molecule has 0 aromatic heterocycles. The summed E-state index contributed by atoms with van der Waals surface area (Å²) in [5.74, 6) is -2.71. The maximum absolute atomic E-state index is 14.0. The molecule has 0 aliphatic heterocycles. The van der Waals surface area contributed by atoms with Crippen LogP contribution in [0.4, 0.5) is 28.9 Å². The van der Waals surface area contributed by atoms with Crippen LogP contribution in [0.1, 0.15) is 15.9 Å². The lowest BCUT2D eigenvalue weighted by atomic mass is 10.1. The van der Waals surface area contributed by atoms with E-state index in [1.165, 1.54) is 42.5 Å². The molecule has 3 aromatic rings. The molecular weight excluding hydrogens is 502 g/mol. The molecule has 1 amide bonds. The van der Waals surface area contributed by atoms with Crippen molar-refractivity contribution in [3.8, 4) is 5.75 Å². The number of anilines is 2. The maximum atomic E-state index is 14.0. The number of halogens is 5. The third-order valence-corrected chi connectivity index (χ3v) is 6.11. The van der Waals surface area contributed by atoms with E-state index in [1.54, 1.807) is 0 Å². The quantitative estimate of drug-likeness (QED) is 0.386. The van der Waals surface area contributed by atoms with E-state index < -0.39 is 44.3 Å². The van der Waals surface area contributed by atoms with E-state index in [4.69, 9.17) is 17.3 Å². The number of rotatable bonds is 7. The van der Waals surface area contributed by atoms with Crippen LogP contribution in [0.2, 0.25) is 5.02 Å². The van der Waals surface area contributed by atoms with E-state index in [0.717, 1.165) is 18.2 Å². The molecule has 0 bridgehead atoms. The van der Waals surface area contributed by atoms with Gasteiger partial charge in [0.2, 0.25) is 0 Å². The third-order valence-electron chi connectivity index (χ3n) is 4.39. The van der Waals surface area contributed by atoms with E-state index in [2.05, 4.69) is 14.8 Å². The van der Waals surface area contributed by atoms with E-state index in [0.29, 0.717) is 0 Å². The molecular formula is C21H16ClF4N3O4S. The molecule has 0 fully saturated rings. The summed E-state index contributed by atoms with van der Waals surface area (Å²) in [6, 6.07) is 11.8. The second-order valence-corrected chi connectivity index (χ2v) is 8.78. The summed E-state index contributed by atoms with van der Waals surface area (Å²) in [5.41, 5.74) is 5.40. The zero-order valence-electron chi connectivity index (χ0n) is 17.0. The van der Waals surface area contributed by atoms with Gasteiger partial charge >= 0.3 is 6.36 Å². The molecule has 7 nitrogen and oxygen atoms in total. The van der Waals surface area contributed by atoms with Crippen molar-refractivity contribution in [1.29, 1.82) is 0 Å². The van der Waals surface area contributed by atoms with Crippen molar-refractivity contribution in [2.24, 2.45) is 5.73 Å². The first-order valence-corrected chi connectivity index (χ1v) is 11.2. The summed E-state index contributed by atoms with van der Waals surface area (Å²) in [7, 11) is -4.58. The standard InChI is InChI=1S/C21H16ClF4N3O4S/c22-14-4-3-5-15(23)19(14)20(30)28-13-9-8-12(11-27)16(10-13)29-34(31,32)18-7-2-1-6-17(18)33-21(24,25)26/h1-10,29H,11,27H2,(H,28,30). The van der Waals surface area contributed by atoms with Crippen molar-refractivity contribution in [1.82, 2.24) is 0 Å². The Morgan fingerprint density at radius 2 is 1.76 bits per heavy atom. The first-order valence-electron chi connectivity index (χ1n) is 9.37. The van der Waals surface area contributed by atoms with Crippen LogP contribution < -0.4 is 20.5 Å². The van der Waals surface area contributed by atoms with Gasteiger partial charge in [0.15, 0.2) is 0 Å². The topological polar surface area (TPSA) is 111 Å². The van der Waals surface area contributed by atoms with Crippen LogP contribution in [0.3, 0.4) is 0 Å². The van der Waals surface area contributed by atoms with Gasteiger partial charge in [-0.3, -0.25) is 9.52 Å². The fourth-order valence-electron chi connectivity index (χ4n) is 2.92. The van der Waals surface area contributed by atoms with Crippen molar-refractivity contribution < 1.29 is 35.5 Å². The molecule has 34 heavy (non-hydrogen) atoms. The lowest BCUT2D eigenvalue weighted by molar-refractivity contribution is -0.275. The van der Waals surface area contributed by atoms with Crippen molar-refractivity contribution in [2.45, 2.75) is 17.8 Å². The maximum Gasteiger partial charge on any atom is 0.573 e. The molecule has 0 spiro atoms. The second kappa shape index (κ2) is 9.87. The van der Waals surface area contributed by atoms with E-state index in [9.17, 15) is 30.8 Å². The summed E-state index contributed by atoms with van der Waals surface area (Å²) in [6.07, 6.45) is -5.12. The average Bonchev–Trinajstić information content (AvgIpc) is 2.72. The van der Waals surface area contributed by atoms with E-state index in [1.807, 2.05) is 0 Å². The van der Waals surface area contributed by atoms with Crippen LogP contribution in [0.5, 0.6) is 5.75 Å². The molecule has 0 unspecified atom stereocenters. The minimum Gasteiger partial charge on any atom is -0.404 e. The molecule has 3 aromatic carbocycles. The minimum atomic E-state index is -5.12. The summed E-state index contributed by atoms with van der Waals surface area (Å²) in [6.45, 7) is -0.147. The van der Waals surface area contributed by atoms with Crippen LogP contribution in [0.15, 0.2) is 65.6 Å². The van der Waals surface area contributed by atoms with Crippen LogP contribution in [0.25, 0.3) is 0 Å². The molecule has 0 heterocycles. The normalized spacial score (nSPS) is 11.7. The van der Waals surface area contributed by atoms with Gasteiger partial charge in [0.1, 0.15) is 16.5 Å². The number of hydrogen-bond acceptors (Lipinski definition) is 5. The van der Waals surface area contributed by atoms with Crippen LogP contribution in [-0.2, 0) is 16.6 Å². The number of nitrogens with one attached hydrogen (secondary N) is 2. The van der Waals surface area contributed by atoms with Gasteiger partial charge < -0.3 is 15.8 Å². The fourth-order valence-corrected chi connectivity index (χ4v) is 4.39. The Hall–Kier alpha value is -3.35. The van der Waals surface area contributed by atoms with E-state index >= 15 is 0 Å². The molecule has 0 aliphatic carbocycles. The smallest absolute Gasteiger partial charge is 0.404 e. The monoisotopic (exact) mass is 517 g/mol. The highest BCUT2D eigenvalue weighted by atomic mass is 35.5. The lowest BCUT2D eigenvalue weighted by Crippen LogP contribution is -2.21. The second-order valence-electron chi connectivity index (χ2n) is 6.73. The van der Waals surface area contributed by atoms with E-state index in [-0.39, 0.29) is 28.5 Å². The Morgan fingerprint density at radius 3 is 2.41 bits per heavy atom. The Morgan fingerprint density at radius 1 is 1.06 bits per heavy atom. The molecule has 4 N–H and O–H groups in total. The fraction of sp³-hybridized carbons (Fsp3) is 0.0952. The first-order chi connectivity index (χ1) is 15.9. The summed E-state index contributed by atoms with van der Waals surface area (Å²) < 4.78 is 83.8. The van der Waals surface area contributed by atoms with Crippen molar-refractivity contribution in [3.63, 3.8) is 0 Å². The molecule has 0 saturated carbocycles. The van der Waals surface area contributed by atoms with Gasteiger partial charge in [-0.25, -0.2) is 12.8 Å². The Bertz CT molecular complexity index is 1310. The summed E-state index contributed by atoms with van der Waals surface area (Å²) >= 11 is 5.88. The largest absolute Gasteiger partial charge is 0.573 e. The molecule has 3 rings (SSSR count). The summed E-state index contributed by atoms with van der Waals surface area (Å²) in [5, 5.41) is 2.25. The number of amides is 1. The Balaban J connectivity index is 1.94. The number of para-hydroxylation sites is 1. The highest BCUT2D eigenvalue weighted by Crippen LogP contribution is 2.32.